The fraction of sp³-hybridized carbons (Fsp3) is 0.265. The zero-order valence-corrected chi connectivity index (χ0v) is 22.7. The van der Waals surface area contributed by atoms with Gasteiger partial charge in [0.1, 0.15) is 30.0 Å². The zero-order chi connectivity index (χ0) is 28.8. The highest BCUT2D eigenvalue weighted by Crippen LogP contribution is 2.41. The number of hydrogen-bond acceptors (Lipinski definition) is 7. The normalized spacial score (nSPS) is 23.5. The minimum atomic E-state index is -1.64. The summed E-state index contributed by atoms with van der Waals surface area (Å²) in [6, 6.07) is 38.2. The monoisotopic (exact) mass is 554 g/mol. The third kappa shape index (κ3) is 5.95. The molecule has 4 aromatic carbocycles. The first-order valence-electron chi connectivity index (χ1n) is 13.7. The minimum absolute atomic E-state index is 0.189. The summed E-state index contributed by atoms with van der Waals surface area (Å²) in [5, 5.41) is 32.2. The average Bonchev–Trinajstić information content (AvgIpc) is 3.03. The van der Waals surface area contributed by atoms with Crippen LogP contribution in [0.4, 0.5) is 0 Å². The number of hydrogen-bond donors (Lipinski definition) is 3. The molecule has 212 valence electrons. The topological polar surface area (TPSA) is 105 Å². The van der Waals surface area contributed by atoms with Crippen molar-refractivity contribution in [3.63, 3.8) is 0 Å². The summed E-state index contributed by atoms with van der Waals surface area (Å²) in [6.07, 6.45) is -7.38. The molecule has 1 fully saturated rings. The van der Waals surface area contributed by atoms with Gasteiger partial charge in [0, 0.05) is 0 Å². The molecule has 5 rings (SSSR count). The highest BCUT2D eigenvalue weighted by Gasteiger charge is 2.47. The van der Waals surface area contributed by atoms with Crippen LogP contribution in [0.15, 0.2) is 121 Å². The fourth-order valence-electron chi connectivity index (χ4n) is 5.22. The molecule has 0 saturated carbocycles. The van der Waals surface area contributed by atoms with Crippen molar-refractivity contribution in [2.75, 3.05) is 6.61 Å². The van der Waals surface area contributed by atoms with E-state index in [1.54, 1.807) is 19.1 Å². The summed E-state index contributed by atoms with van der Waals surface area (Å²) in [4.78, 5) is 12.9. The standard InChI is InChI=1S/C34H34O7/c1-23(24-14-6-2-7-15-24)32(38)41-33-31(37)30(36)29(35)28(40-33)22-39-34(25-16-8-3-9-17-25,26-18-10-4-11-19-26)27-20-12-5-13-21-27/h2-21,23,28-31,33,35-37H,22H2,1H3/t23-,28-,29-,30+,31-,33+/m1/s1. The summed E-state index contributed by atoms with van der Waals surface area (Å²) in [5.41, 5.74) is 2.19. The zero-order valence-electron chi connectivity index (χ0n) is 22.7. The lowest BCUT2D eigenvalue weighted by Crippen LogP contribution is -2.60. The Morgan fingerprint density at radius 2 is 1.15 bits per heavy atom. The van der Waals surface area contributed by atoms with E-state index in [1.807, 2.05) is 109 Å². The number of benzene rings is 4. The first kappa shape index (κ1) is 28.7. The van der Waals surface area contributed by atoms with Crippen molar-refractivity contribution >= 4 is 5.97 Å². The molecule has 0 radical (unpaired) electrons. The summed E-state index contributed by atoms with van der Waals surface area (Å²) in [7, 11) is 0. The molecular weight excluding hydrogens is 520 g/mol. The Kier molecular flexibility index (Phi) is 8.93. The molecule has 1 saturated heterocycles. The molecule has 1 aliphatic rings. The summed E-state index contributed by atoms with van der Waals surface area (Å²) in [5.74, 6) is -1.26. The van der Waals surface area contributed by atoms with Gasteiger partial charge in [-0.15, -0.1) is 0 Å². The Hall–Kier alpha value is -3.85. The molecule has 0 aliphatic carbocycles. The maximum Gasteiger partial charge on any atom is 0.315 e. The van der Waals surface area contributed by atoms with Crippen LogP contribution in [0.2, 0.25) is 0 Å². The number of rotatable bonds is 9. The molecule has 0 unspecified atom stereocenters. The van der Waals surface area contributed by atoms with E-state index in [1.165, 1.54) is 0 Å². The Balaban J connectivity index is 1.43. The Labute approximate surface area is 239 Å². The second-order valence-electron chi connectivity index (χ2n) is 10.2. The van der Waals surface area contributed by atoms with Crippen LogP contribution < -0.4 is 0 Å². The lowest BCUT2D eigenvalue weighted by Gasteiger charge is -2.42. The van der Waals surface area contributed by atoms with E-state index in [0.29, 0.717) is 0 Å². The molecule has 6 atom stereocenters. The molecular formula is C34H34O7. The third-order valence-corrected chi connectivity index (χ3v) is 7.56. The van der Waals surface area contributed by atoms with Gasteiger partial charge in [-0.25, -0.2) is 0 Å². The van der Waals surface area contributed by atoms with Crippen molar-refractivity contribution in [1.82, 2.24) is 0 Å². The van der Waals surface area contributed by atoms with Crippen molar-refractivity contribution in [2.45, 2.75) is 49.1 Å². The predicted molar refractivity (Wildman–Crippen MR) is 153 cm³/mol. The van der Waals surface area contributed by atoms with E-state index < -0.39 is 48.2 Å². The highest BCUT2D eigenvalue weighted by atomic mass is 16.7. The predicted octanol–water partition coefficient (Wildman–Crippen LogP) is 4.15. The second-order valence-corrected chi connectivity index (χ2v) is 10.2. The first-order valence-corrected chi connectivity index (χ1v) is 13.7. The molecule has 7 heteroatoms. The van der Waals surface area contributed by atoms with Crippen LogP contribution in [0.5, 0.6) is 0 Å². The Morgan fingerprint density at radius 1 is 0.707 bits per heavy atom. The number of esters is 1. The van der Waals surface area contributed by atoms with Gasteiger partial charge in [0.15, 0.2) is 0 Å². The summed E-state index contributed by atoms with van der Waals surface area (Å²) in [6.45, 7) is 1.50. The van der Waals surface area contributed by atoms with Crippen LogP contribution in [0.3, 0.4) is 0 Å². The van der Waals surface area contributed by atoms with Gasteiger partial charge >= 0.3 is 5.97 Å². The van der Waals surface area contributed by atoms with Gasteiger partial charge in [0.2, 0.25) is 6.29 Å². The van der Waals surface area contributed by atoms with Gasteiger partial charge in [0.05, 0.1) is 12.5 Å². The fourth-order valence-corrected chi connectivity index (χ4v) is 5.22. The SMILES string of the molecule is C[C@@H](C(=O)O[C@@H]1O[C@H](COC(c2ccccc2)(c2ccccc2)c2ccccc2)[C@@H](O)[C@H](O)[C@H]1O)c1ccccc1. The number of carbonyl (C=O) groups is 1. The Morgan fingerprint density at radius 3 is 1.61 bits per heavy atom. The molecule has 3 N–H and O–H groups in total. The maximum absolute atomic E-state index is 12.9. The third-order valence-electron chi connectivity index (χ3n) is 7.56. The van der Waals surface area contributed by atoms with Gasteiger partial charge in [-0.05, 0) is 29.2 Å². The lowest BCUT2D eigenvalue weighted by molar-refractivity contribution is -0.297. The van der Waals surface area contributed by atoms with Crippen LogP contribution in [0, 0.1) is 0 Å². The van der Waals surface area contributed by atoms with Crippen LogP contribution in [0.1, 0.15) is 35.1 Å². The molecule has 0 spiro atoms. The van der Waals surface area contributed by atoms with Crippen LogP contribution in [-0.2, 0) is 24.6 Å². The quantitative estimate of drug-likeness (QED) is 0.211. The average molecular weight is 555 g/mol. The smallest absolute Gasteiger partial charge is 0.315 e. The number of aliphatic hydroxyl groups is 3. The molecule has 4 aromatic rings. The van der Waals surface area contributed by atoms with Crippen molar-refractivity contribution in [3.05, 3.63) is 144 Å². The van der Waals surface area contributed by atoms with Gasteiger partial charge in [0.25, 0.3) is 0 Å². The number of carbonyl (C=O) groups excluding carboxylic acids is 1. The van der Waals surface area contributed by atoms with E-state index in [-0.39, 0.29) is 6.61 Å². The van der Waals surface area contributed by atoms with Gasteiger partial charge < -0.3 is 29.5 Å². The highest BCUT2D eigenvalue weighted by molar-refractivity contribution is 5.77. The molecule has 1 heterocycles. The molecule has 0 amide bonds. The lowest BCUT2D eigenvalue weighted by atomic mass is 9.80. The van der Waals surface area contributed by atoms with Crippen LogP contribution >= 0.6 is 0 Å². The van der Waals surface area contributed by atoms with E-state index in [2.05, 4.69) is 0 Å². The van der Waals surface area contributed by atoms with Crippen molar-refractivity contribution in [3.8, 4) is 0 Å². The number of ether oxygens (including phenoxy) is 3. The van der Waals surface area contributed by atoms with Crippen LogP contribution in [0.25, 0.3) is 0 Å². The molecule has 7 nitrogen and oxygen atoms in total. The van der Waals surface area contributed by atoms with Crippen LogP contribution in [-0.4, -0.2) is 58.6 Å². The summed E-state index contributed by atoms with van der Waals surface area (Å²) < 4.78 is 18.2. The molecule has 1 aliphatic heterocycles. The van der Waals surface area contributed by atoms with Crippen molar-refractivity contribution < 1.29 is 34.3 Å². The molecule has 0 bridgehead atoms. The number of aliphatic hydroxyl groups excluding tert-OH is 3. The van der Waals surface area contributed by atoms with Gasteiger partial charge in [-0.2, -0.15) is 0 Å². The van der Waals surface area contributed by atoms with E-state index in [0.717, 1.165) is 22.3 Å². The largest absolute Gasteiger partial charge is 0.432 e. The van der Waals surface area contributed by atoms with E-state index >= 15 is 0 Å². The van der Waals surface area contributed by atoms with Gasteiger partial charge in [-0.1, -0.05) is 121 Å². The maximum atomic E-state index is 12.9. The summed E-state index contributed by atoms with van der Waals surface area (Å²) >= 11 is 0. The van der Waals surface area contributed by atoms with E-state index in [4.69, 9.17) is 14.2 Å². The molecule has 41 heavy (non-hydrogen) atoms. The second kappa shape index (κ2) is 12.8. The van der Waals surface area contributed by atoms with E-state index in [9.17, 15) is 20.1 Å². The Bertz CT molecular complexity index is 1290. The minimum Gasteiger partial charge on any atom is -0.432 e. The molecule has 0 aromatic heterocycles. The van der Waals surface area contributed by atoms with Gasteiger partial charge in [-0.3, -0.25) is 4.79 Å². The first-order chi connectivity index (χ1) is 19.9. The van der Waals surface area contributed by atoms with Crippen molar-refractivity contribution in [2.24, 2.45) is 0 Å². The van der Waals surface area contributed by atoms with Crippen molar-refractivity contribution in [1.29, 1.82) is 0 Å².